The number of piperidine rings is 1. The van der Waals surface area contributed by atoms with Crippen molar-refractivity contribution >= 4 is 57.0 Å². The van der Waals surface area contributed by atoms with Gasteiger partial charge in [-0.05, 0) is 62.6 Å². The first kappa shape index (κ1) is 36.7. The van der Waals surface area contributed by atoms with Crippen LogP contribution in [0.4, 0.5) is 0 Å². The monoisotopic (exact) mass is 661 g/mol. The number of fused-ring (bicyclic) bond motifs is 1. The van der Waals surface area contributed by atoms with Gasteiger partial charge in [0.05, 0.1) is 22.9 Å². The molecule has 0 radical (unpaired) electrons. The highest BCUT2D eigenvalue weighted by atomic mass is 35.5. The lowest BCUT2D eigenvalue weighted by atomic mass is 10.1. The van der Waals surface area contributed by atoms with Gasteiger partial charge in [0, 0.05) is 49.5 Å². The van der Waals surface area contributed by atoms with Crippen LogP contribution in [0, 0.1) is 0 Å². The zero-order valence-electron chi connectivity index (χ0n) is 24.6. The molecule has 0 amide bonds. The van der Waals surface area contributed by atoms with Gasteiger partial charge < -0.3 is 34.6 Å². The second-order valence-electron chi connectivity index (χ2n) is 9.65. The lowest BCUT2D eigenvalue weighted by Gasteiger charge is -2.29. The van der Waals surface area contributed by atoms with Crippen molar-refractivity contribution in [2.24, 2.45) is 12.0 Å². The van der Waals surface area contributed by atoms with Gasteiger partial charge in [0.25, 0.3) is 0 Å². The smallest absolute Gasteiger partial charge is 0.328 e. The normalized spacial score (nSPS) is 14.0. The number of hydrogen-bond acceptors (Lipinski definition) is 8. The number of aliphatic carboxylic acids is 4. The SMILES string of the molecule is Cn1c(=NC2CCN(CCCCOc3cccc(Cl)c3)CC2)sc2ccccc21.O=C(O)C=CC(=O)O.O=C(O)C=CC(=O)O. The number of rotatable bonds is 11. The molecule has 2 heterocycles. The molecule has 0 unspecified atom stereocenters. The van der Waals surface area contributed by atoms with Crippen molar-refractivity contribution in [1.82, 2.24) is 9.47 Å². The zero-order chi connectivity index (χ0) is 33.2. The highest BCUT2D eigenvalue weighted by Crippen LogP contribution is 2.19. The first-order valence-electron chi connectivity index (χ1n) is 13.9. The summed E-state index contributed by atoms with van der Waals surface area (Å²) < 4.78 is 9.32. The predicted molar refractivity (Wildman–Crippen MR) is 171 cm³/mol. The molecule has 3 aromatic rings. The van der Waals surface area contributed by atoms with E-state index in [4.69, 9.17) is 41.8 Å². The van der Waals surface area contributed by atoms with Crippen LogP contribution >= 0.6 is 22.9 Å². The minimum Gasteiger partial charge on any atom is -0.494 e. The zero-order valence-corrected chi connectivity index (χ0v) is 26.2. The van der Waals surface area contributed by atoms with Crippen LogP contribution in [0.3, 0.4) is 0 Å². The first-order valence-corrected chi connectivity index (χ1v) is 15.1. The van der Waals surface area contributed by atoms with E-state index >= 15 is 0 Å². The van der Waals surface area contributed by atoms with Crippen LogP contribution in [-0.2, 0) is 26.2 Å². The summed E-state index contributed by atoms with van der Waals surface area (Å²) in [6.07, 6.45) is 6.75. The molecule has 45 heavy (non-hydrogen) atoms. The van der Waals surface area contributed by atoms with Crippen molar-refractivity contribution in [3.8, 4) is 5.75 Å². The summed E-state index contributed by atoms with van der Waals surface area (Å²) in [6, 6.07) is 16.6. The molecule has 2 aromatic carbocycles. The van der Waals surface area contributed by atoms with Gasteiger partial charge in [-0.3, -0.25) is 4.99 Å². The molecule has 1 aliphatic heterocycles. The van der Waals surface area contributed by atoms with Gasteiger partial charge in [0.1, 0.15) is 5.75 Å². The third-order valence-electron chi connectivity index (χ3n) is 6.24. The van der Waals surface area contributed by atoms with Gasteiger partial charge in [0.2, 0.25) is 0 Å². The number of carbonyl (C=O) groups is 4. The summed E-state index contributed by atoms with van der Waals surface area (Å²) >= 11 is 7.78. The molecule has 4 rings (SSSR count). The van der Waals surface area contributed by atoms with Crippen LogP contribution in [0.1, 0.15) is 25.7 Å². The van der Waals surface area contributed by atoms with Gasteiger partial charge in [0.15, 0.2) is 4.80 Å². The van der Waals surface area contributed by atoms with Crippen LogP contribution < -0.4 is 9.54 Å². The number of likely N-dealkylation sites (tertiary alicyclic amines) is 1. The second kappa shape index (κ2) is 19.7. The van der Waals surface area contributed by atoms with Crippen LogP contribution in [0.25, 0.3) is 10.2 Å². The number of ether oxygens (including phenoxy) is 1. The Morgan fingerprint density at radius 2 is 1.47 bits per heavy atom. The molecule has 0 atom stereocenters. The molecule has 1 saturated heterocycles. The van der Waals surface area contributed by atoms with Gasteiger partial charge >= 0.3 is 23.9 Å². The summed E-state index contributed by atoms with van der Waals surface area (Å²) in [5.41, 5.74) is 1.27. The maximum absolute atomic E-state index is 9.55. The van der Waals surface area contributed by atoms with Gasteiger partial charge in [-0.15, -0.1) is 0 Å². The van der Waals surface area contributed by atoms with E-state index in [0.29, 0.717) is 30.3 Å². The number of halogens is 1. The number of hydrogen-bond donors (Lipinski definition) is 4. The number of nitrogens with zero attached hydrogens (tertiary/aromatic N) is 3. The van der Waals surface area contributed by atoms with Crippen molar-refractivity contribution < 1.29 is 44.3 Å². The quantitative estimate of drug-likeness (QED) is 0.168. The van der Waals surface area contributed by atoms with E-state index in [2.05, 4.69) is 40.8 Å². The number of thiazole rings is 1. The Balaban J connectivity index is 0.000000365. The fraction of sp³-hybridized carbons (Fsp3) is 0.323. The highest BCUT2D eigenvalue weighted by molar-refractivity contribution is 7.16. The highest BCUT2D eigenvalue weighted by Gasteiger charge is 2.18. The van der Waals surface area contributed by atoms with Crippen LogP contribution in [0.2, 0.25) is 5.02 Å². The van der Waals surface area contributed by atoms with Crippen molar-refractivity contribution in [2.75, 3.05) is 26.2 Å². The van der Waals surface area contributed by atoms with E-state index in [9.17, 15) is 19.2 Å². The second-order valence-corrected chi connectivity index (χ2v) is 11.1. The molecule has 14 heteroatoms. The van der Waals surface area contributed by atoms with E-state index < -0.39 is 23.9 Å². The standard InChI is InChI=1S/C23H28ClN3OS.2C4H4O4/c1-26-21-9-2-3-10-22(21)29-23(26)25-19-11-14-27(15-12-19)13-4-5-16-28-20-8-6-7-18(24)17-20;2*5-3(6)1-2-4(7)8/h2-3,6-10,17,19H,4-5,11-16H2,1H3;2*1-2H,(H,5,6)(H,7,8). The van der Waals surface area contributed by atoms with Crippen molar-refractivity contribution in [1.29, 1.82) is 0 Å². The molecular formula is C31H36ClN3O9S. The Morgan fingerprint density at radius 3 is 2.00 bits per heavy atom. The summed E-state index contributed by atoms with van der Waals surface area (Å²) in [5.74, 6) is -4.17. The molecule has 1 aliphatic rings. The average molecular weight is 662 g/mol. The topological polar surface area (TPSA) is 179 Å². The lowest BCUT2D eigenvalue weighted by Crippen LogP contribution is -2.36. The molecule has 0 spiro atoms. The number of carboxylic acids is 4. The maximum atomic E-state index is 9.55. The predicted octanol–water partition coefficient (Wildman–Crippen LogP) is 4.54. The number of carboxylic acid groups (broad SMARTS) is 4. The van der Waals surface area contributed by atoms with Crippen molar-refractivity contribution in [2.45, 2.75) is 31.7 Å². The van der Waals surface area contributed by atoms with Crippen LogP contribution in [0.15, 0.2) is 77.8 Å². The van der Waals surface area contributed by atoms with E-state index in [0.717, 1.165) is 67.5 Å². The van der Waals surface area contributed by atoms with Gasteiger partial charge in [-0.2, -0.15) is 0 Å². The van der Waals surface area contributed by atoms with Crippen molar-refractivity contribution in [3.63, 3.8) is 0 Å². The number of aryl methyl sites for hydroxylation is 1. The summed E-state index contributed by atoms with van der Waals surface area (Å²) in [5, 5.41) is 32.0. The Bertz CT molecular complexity index is 1490. The molecule has 242 valence electrons. The molecule has 4 N–H and O–H groups in total. The molecule has 0 bridgehead atoms. The molecular weight excluding hydrogens is 626 g/mol. The first-order chi connectivity index (χ1) is 21.4. The average Bonchev–Trinajstić information content (AvgIpc) is 3.31. The summed E-state index contributed by atoms with van der Waals surface area (Å²) in [4.78, 5) is 47.0. The number of aromatic nitrogens is 1. The Kier molecular flexibility index (Phi) is 16.1. The number of para-hydroxylation sites is 1. The van der Waals surface area contributed by atoms with E-state index in [1.807, 2.05) is 24.3 Å². The molecule has 0 aliphatic carbocycles. The molecule has 12 nitrogen and oxygen atoms in total. The molecule has 1 aromatic heterocycles. The van der Waals surface area contributed by atoms with Crippen LogP contribution in [-0.4, -0.2) is 86.1 Å². The minimum absolute atomic E-state index is 0.441. The lowest BCUT2D eigenvalue weighted by molar-refractivity contribution is -0.134. The maximum Gasteiger partial charge on any atom is 0.328 e. The van der Waals surface area contributed by atoms with Crippen molar-refractivity contribution in [3.05, 3.63) is 82.7 Å². The molecule has 1 fully saturated rings. The fourth-order valence-corrected chi connectivity index (χ4v) is 5.37. The van der Waals surface area contributed by atoms with Gasteiger partial charge in [-0.25, -0.2) is 19.2 Å². The van der Waals surface area contributed by atoms with Crippen LogP contribution in [0.5, 0.6) is 5.75 Å². The fourth-order valence-electron chi connectivity index (χ4n) is 4.10. The van der Waals surface area contributed by atoms with E-state index in [-0.39, 0.29) is 0 Å². The Morgan fingerprint density at radius 1 is 0.889 bits per heavy atom. The third-order valence-corrected chi connectivity index (χ3v) is 7.60. The minimum atomic E-state index is -1.26. The third kappa shape index (κ3) is 15.2. The number of benzene rings is 2. The Hall–Kier alpha value is -4.46. The number of unbranched alkanes of at least 4 members (excludes halogenated alkanes) is 1. The van der Waals surface area contributed by atoms with E-state index in [1.165, 1.54) is 10.2 Å². The summed E-state index contributed by atoms with van der Waals surface area (Å²) in [6.45, 7) is 4.16. The summed E-state index contributed by atoms with van der Waals surface area (Å²) in [7, 11) is 2.12. The Labute approximate surface area is 268 Å². The van der Waals surface area contributed by atoms with Gasteiger partial charge in [-0.1, -0.05) is 41.1 Å². The molecule has 0 saturated carbocycles. The van der Waals surface area contributed by atoms with E-state index in [1.54, 1.807) is 11.3 Å². The largest absolute Gasteiger partial charge is 0.494 e.